The Hall–Kier alpha value is -4.13. The summed E-state index contributed by atoms with van der Waals surface area (Å²) in [6.45, 7) is 5.71. The maximum atomic E-state index is 12.4. The van der Waals surface area contributed by atoms with E-state index in [2.05, 4.69) is 10.5 Å². The number of rotatable bonds is 8. The van der Waals surface area contributed by atoms with E-state index in [1.807, 2.05) is 51.1 Å². The van der Waals surface area contributed by atoms with E-state index in [1.165, 1.54) is 13.3 Å². The van der Waals surface area contributed by atoms with Crippen molar-refractivity contribution in [3.05, 3.63) is 88.5 Å². The summed E-state index contributed by atoms with van der Waals surface area (Å²) < 4.78 is 16.3. The average molecular weight is 447 g/mol. The van der Waals surface area contributed by atoms with Crippen molar-refractivity contribution >= 4 is 18.1 Å². The van der Waals surface area contributed by atoms with Gasteiger partial charge in [0.25, 0.3) is 5.91 Å². The summed E-state index contributed by atoms with van der Waals surface area (Å²) in [6.07, 6.45) is 1.46. The molecular formula is C26H26N2O5. The van der Waals surface area contributed by atoms with Crippen LogP contribution >= 0.6 is 0 Å². The number of hydrazone groups is 1. The zero-order valence-electron chi connectivity index (χ0n) is 19.0. The van der Waals surface area contributed by atoms with Gasteiger partial charge >= 0.3 is 5.97 Å². The van der Waals surface area contributed by atoms with Crippen LogP contribution in [-0.4, -0.2) is 31.8 Å². The van der Waals surface area contributed by atoms with Crippen molar-refractivity contribution in [2.45, 2.75) is 20.8 Å². The Balaban J connectivity index is 1.57. The van der Waals surface area contributed by atoms with Crippen LogP contribution in [0.1, 0.15) is 32.6 Å². The lowest BCUT2D eigenvalue weighted by Gasteiger charge is -2.10. The van der Waals surface area contributed by atoms with Crippen LogP contribution in [0.4, 0.5) is 0 Å². The van der Waals surface area contributed by atoms with Gasteiger partial charge in [-0.05, 0) is 73.9 Å². The van der Waals surface area contributed by atoms with Crippen molar-refractivity contribution in [3.63, 3.8) is 0 Å². The van der Waals surface area contributed by atoms with Gasteiger partial charge in [-0.15, -0.1) is 0 Å². The molecule has 0 aromatic heterocycles. The molecular weight excluding hydrogens is 420 g/mol. The Morgan fingerprint density at radius 3 is 2.42 bits per heavy atom. The second kappa shape index (κ2) is 10.9. The van der Waals surface area contributed by atoms with Crippen LogP contribution in [0.3, 0.4) is 0 Å². The summed E-state index contributed by atoms with van der Waals surface area (Å²) in [7, 11) is 1.48. The van der Waals surface area contributed by atoms with Crippen molar-refractivity contribution in [1.29, 1.82) is 0 Å². The van der Waals surface area contributed by atoms with Gasteiger partial charge < -0.3 is 14.2 Å². The maximum Gasteiger partial charge on any atom is 0.343 e. The number of nitrogens with one attached hydrogen (secondary N) is 1. The number of aryl methyl sites for hydroxylation is 2. The summed E-state index contributed by atoms with van der Waals surface area (Å²) >= 11 is 0. The van der Waals surface area contributed by atoms with Gasteiger partial charge in [0.1, 0.15) is 5.75 Å². The predicted octanol–water partition coefficient (Wildman–Crippen LogP) is 4.37. The van der Waals surface area contributed by atoms with Crippen LogP contribution in [0, 0.1) is 20.8 Å². The molecule has 0 spiro atoms. The molecule has 0 aliphatic rings. The molecule has 0 atom stereocenters. The fourth-order valence-electron chi connectivity index (χ4n) is 2.93. The molecule has 7 heteroatoms. The highest BCUT2D eigenvalue weighted by atomic mass is 16.6. The average Bonchev–Trinajstić information content (AvgIpc) is 2.81. The minimum Gasteiger partial charge on any atom is -0.493 e. The molecule has 0 saturated heterocycles. The molecule has 3 aromatic rings. The number of carbonyl (C=O) groups is 2. The van der Waals surface area contributed by atoms with Crippen molar-refractivity contribution in [2.24, 2.45) is 5.10 Å². The van der Waals surface area contributed by atoms with Crippen molar-refractivity contribution < 1.29 is 23.8 Å². The first kappa shape index (κ1) is 23.5. The highest BCUT2D eigenvalue weighted by molar-refractivity contribution is 5.91. The van der Waals surface area contributed by atoms with E-state index < -0.39 is 5.97 Å². The third-order valence-electron chi connectivity index (χ3n) is 4.99. The van der Waals surface area contributed by atoms with Gasteiger partial charge in [-0.1, -0.05) is 29.8 Å². The highest BCUT2D eigenvalue weighted by Gasteiger charge is 2.13. The number of methoxy groups -OCH3 is 1. The molecule has 0 radical (unpaired) electrons. The zero-order chi connectivity index (χ0) is 23.8. The molecule has 0 aliphatic heterocycles. The van der Waals surface area contributed by atoms with Crippen molar-refractivity contribution in [2.75, 3.05) is 13.7 Å². The smallest absolute Gasteiger partial charge is 0.343 e. The minimum atomic E-state index is -0.481. The molecule has 0 bridgehead atoms. The van der Waals surface area contributed by atoms with Gasteiger partial charge in [-0.25, -0.2) is 10.2 Å². The Labute approximate surface area is 193 Å². The Kier molecular flexibility index (Phi) is 7.81. The fraction of sp³-hybridized carbons (Fsp3) is 0.192. The third-order valence-corrected chi connectivity index (χ3v) is 4.99. The van der Waals surface area contributed by atoms with Gasteiger partial charge in [-0.3, -0.25) is 4.79 Å². The topological polar surface area (TPSA) is 86.2 Å². The summed E-state index contributed by atoms with van der Waals surface area (Å²) in [4.78, 5) is 24.4. The van der Waals surface area contributed by atoms with E-state index in [1.54, 1.807) is 30.3 Å². The van der Waals surface area contributed by atoms with Gasteiger partial charge in [0, 0.05) is 0 Å². The van der Waals surface area contributed by atoms with Crippen molar-refractivity contribution in [1.82, 2.24) is 5.43 Å². The fourth-order valence-corrected chi connectivity index (χ4v) is 2.93. The first-order valence-electron chi connectivity index (χ1n) is 10.3. The molecule has 0 saturated carbocycles. The zero-order valence-corrected chi connectivity index (χ0v) is 19.0. The molecule has 0 heterocycles. The second-order valence-electron chi connectivity index (χ2n) is 7.45. The van der Waals surface area contributed by atoms with E-state index in [-0.39, 0.29) is 18.3 Å². The number of esters is 1. The lowest BCUT2D eigenvalue weighted by molar-refractivity contribution is -0.123. The van der Waals surface area contributed by atoms with Gasteiger partial charge in [-0.2, -0.15) is 5.10 Å². The number of benzene rings is 3. The summed E-state index contributed by atoms with van der Waals surface area (Å²) in [5, 5.41) is 3.95. The van der Waals surface area contributed by atoms with E-state index in [9.17, 15) is 9.59 Å². The van der Waals surface area contributed by atoms with E-state index >= 15 is 0 Å². The van der Waals surface area contributed by atoms with Crippen LogP contribution in [-0.2, 0) is 4.79 Å². The maximum absolute atomic E-state index is 12.4. The quantitative estimate of drug-likeness (QED) is 0.240. The molecule has 0 aliphatic carbocycles. The lowest BCUT2D eigenvalue weighted by atomic mass is 10.1. The standard InChI is InChI=1S/C26H26N2O5/c1-17-8-11-21(12-9-17)26(30)33-23-13-10-20(14-24(23)31-4)15-27-28-25(29)16-32-22-7-5-6-18(2)19(22)3/h5-15H,16H2,1-4H3,(H,28,29). The number of amides is 1. The van der Waals surface area contributed by atoms with Gasteiger partial charge in [0.2, 0.25) is 0 Å². The lowest BCUT2D eigenvalue weighted by Crippen LogP contribution is -2.24. The number of carbonyl (C=O) groups excluding carboxylic acids is 2. The molecule has 1 amide bonds. The van der Waals surface area contributed by atoms with E-state index in [4.69, 9.17) is 14.2 Å². The monoisotopic (exact) mass is 446 g/mol. The molecule has 170 valence electrons. The van der Waals surface area contributed by atoms with Crippen LogP contribution in [0.15, 0.2) is 65.8 Å². The number of ether oxygens (including phenoxy) is 3. The van der Waals surface area contributed by atoms with Crippen LogP contribution in [0.2, 0.25) is 0 Å². The largest absolute Gasteiger partial charge is 0.493 e. The van der Waals surface area contributed by atoms with E-state index in [0.717, 1.165) is 16.7 Å². The number of hydrogen-bond donors (Lipinski definition) is 1. The van der Waals surface area contributed by atoms with Gasteiger partial charge in [0.05, 0.1) is 18.9 Å². The molecule has 1 N–H and O–H groups in total. The van der Waals surface area contributed by atoms with E-state index in [0.29, 0.717) is 22.6 Å². The van der Waals surface area contributed by atoms with Crippen LogP contribution in [0.25, 0.3) is 0 Å². The molecule has 0 unspecified atom stereocenters. The SMILES string of the molecule is COc1cc(C=NNC(=O)COc2cccc(C)c2C)ccc1OC(=O)c1ccc(C)cc1. The number of hydrogen-bond acceptors (Lipinski definition) is 6. The van der Waals surface area contributed by atoms with Crippen LogP contribution in [0.5, 0.6) is 17.2 Å². The predicted molar refractivity (Wildman–Crippen MR) is 126 cm³/mol. The molecule has 3 aromatic carbocycles. The molecule has 33 heavy (non-hydrogen) atoms. The Bertz CT molecular complexity index is 1170. The molecule has 7 nitrogen and oxygen atoms in total. The minimum absolute atomic E-state index is 0.154. The third kappa shape index (κ3) is 6.43. The molecule has 0 fully saturated rings. The summed E-state index contributed by atoms with van der Waals surface area (Å²) in [6, 6.07) is 17.7. The molecule has 3 rings (SSSR count). The number of nitrogens with zero attached hydrogens (tertiary/aromatic N) is 1. The highest BCUT2D eigenvalue weighted by Crippen LogP contribution is 2.28. The summed E-state index contributed by atoms with van der Waals surface area (Å²) in [5.74, 6) is 0.443. The summed E-state index contributed by atoms with van der Waals surface area (Å²) in [5.41, 5.74) is 6.65. The first-order chi connectivity index (χ1) is 15.9. The Morgan fingerprint density at radius 2 is 1.70 bits per heavy atom. The first-order valence-corrected chi connectivity index (χ1v) is 10.3. The van der Waals surface area contributed by atoms with Gasteiger partial charge in [0.15, 0.2) is 18.1 Å². The Morgan fingerprint density at radius 1 is 0.939 bits per heavy atom. The normalized spacial score (nSPS) is 10.7. The van der Waals surface area contributed by atoms with Crippen molar-refractivity contribution in [3.8, 4) is 17.2 Å². The van der Waals surface area contributed by atoms with Crippen LogP contribution < -0.4 is 19.6 Å². The second-order valence-corrected chi connectivity index (χ2v) is 7.45.